The number of benzene rings is 2. The number of sulfonamides is 1. The second-order valence-electron chi connectivity index (χ2n) is 5.74. The van der Waals surface area contributed by atoms with Crippen LogP contribution in [0.1, 0.15) is 16.5 Å². The van der Waals surface area contributed by atoms with Gasteiger partial charge < -0.3 is 14.8 Å². The Kier molecular flexibility index (Phi) is 7.28. The van der Waals surface area contributed by atoms with E-state index >= 15 is 0 Å². The average molecular weight is 399 g/mol. The zero-order valence-corrected chi connectivity index (χ0v) is 16.3. The molecule has 8 heteroatoms. The highest BCUT2D eigenvalue weighted by Gasteiger charge is 2.15. The van der Waals surface area contributed by atoms with Crippen LogP contribution in [0.5, 0.6) is 11.5 Å². The van der Waals surface area contributed by atoms with E-state index in [0.717, 1.165) is 0 Å². The average Bonchev–Trinajstić information content (AvgIpc) is 2.61. The number of primary sulfonamides is 1. The van der Waals surface area contributed by atoms with Crippen LogP contribution in [0.4, 0.5) is 0 Å². The van der Waals surface area contributed by atoms with Crippen LogP contribution in [0.2, 0.25) is 0 Å². The quantitative estimate of drug-likeness (QED) is 0.500. The second-order valence-corrected chi connectivity index (χ2v) is 7.80. The monoisotopic (exact) mass is 398 g/mol. The molecule has 3 N–H and O–H groups in total. The standard InChI is InChI=1S/C18H23ClN2O4S/c1-13-7-8-14(11-18(13)26(20,22)23)15(19)12-21-9-10-25-17-6-4-3-5-16(17)24-2/h3-8,11,15,21H,9-10,12H2,1-2H3,(H2,20,22,23). The van der Waals surface area contributed by atoms with Gasteiger partial charge in [0.2, 0.25) is 10.0 Å². The van der Waals surface area contributed by atoms with E-state index in [2.05, 4.69) is 5.32 Å². The first kappa shape index (κ1) is 20.5. The Labute approximate surface area is 159 Å². The van der Waals surface area contributed by atoms with E-state index in [-0.39, 0.29) is 10.3 Å². The maximum atomic E-state index is 11.6. The van der Waals surface area contributed by atoms with Crippen molar-refractivity contribution in [2.24, 2.45) is 5.14 Å². The largest absolute Gasteiger partial charge is 0.493 e. The summed E-state index contributed by atoms with van der Waals surface area (Å²) < 4.78 is 34.1. The molecule has 0 spiro atoms. The van der Waals surface area contributed by atoms with E-state index in [0.29, 0.717) is 42.3 Å². The van der Waals surface area contributed by atoms with E-state index in [4.69, 9.17) is 26.2 Å². The van der Waals surface area contributed by atoms with Gasteiger partial charge in [0.05, 0.1) is 17.4 Å². The molecule has 2 aromatic carbocycles. The summed E-state index contributed by atoms with van der Waals surface area (Å²) in [4.78, 5) is 0.0974. The van der Waals surface area contributed by atoms with E-state index in [1.807, 2.05) is 24.3 Å². The summed E-state index contributed by atoms with van der Waals surface area (Å²) >= 11 is 6.37. The Hall–Kier alpha value is -1.80. The predicted octanol–water partition coefficient (Wildman–Crippen LogP) is 2.60. The summed E-state index contributed by atoms with van der Waals surface area (Å²) in [7, 11) is -2.17. The van der Waals surface area contributed by atoms with Crippen LogP contribution < -0.4 is 19.9 Å². The van der Waals surface area contributed by atoms with E-state index in [9.17, 15) is 8.42 Å². The molecule has 0 saturated carbocycles. The van der Waals surface area contributed by atoms with E-state index < -0.39 is 10.0 Å². The molecule has 0 heterocycles. The predicted molar refractivity (Wildman–Crippen MR) is 103 cm³/mol. The number of rotatable bonds is 9. The van der Waals surface area contributed by atoms with Gasteiger partial charge in [-0.15, -0.1) is 11.6 Å². The fourth-order valence-electron chi connectivity index (χ4n) is 2.44. The molecule has 0 fully saturated rings. The molecular weight excluding hydrogens is 376 g/mol. The van der Waals surface area contributed by atoms with Crippen LogP contribution in [-0.4, -0.2) is 35.2 Å². The van der Waals surface area contributed by atoms with Gasteiger partial charge in [-0.05, 0) is 36.2 Å². The summed E-state index contributed by atoms with van der Waals surface area (Å²) in [5.74, 6) is 1.36. The fraction of sp³-hybridized carbons (Fsp3) is 0.333. The molecule has 2 aromatic rings. The molecule has 0 aromatic heterocycles. The molecule has 0 aliphatic carbocycles. The lowest BCUT2D eigenvalue weighted by molar-refractivity contribution is 0.292. The summed E-state index contributed by atoms with van der Waals surface area (Å²) in [6.07, 6.45) is 0. The van der Waals surface area contributed by atoms with Gasteiger partial charge in [0.1, 0.15) is 6.61 Å². The molecule has 0 bridgehead atoms. The van der Waals surface area contributed by atoms with Crippen LogP contribution in [0.25, 0.3) is 0 Å². The van der Waals surface area contributed by atoms with Gasteiger partial charge in [-0.1, -0.05) is 24.3 Å². The Morgan fingerprint density at radius 1 is 1.19 bits per heavy atom. The molecule has 2 rings (SSSR count). The van der Waals surface area contributed by atoms with Crippen molar-refractivity contribution in [3.8, 4) is 11.5 Å². The molecule has 0 radical (unpaired) electrons. The molecule has 0 amide bonds. The lowest BCUT2D eigenvalue weighted by atomic mass is 10.1. The summed E-state index contributed by atoms with van der Waals surface area (Å²) in [6, 6.07) is 12.4. The first-order chi connectivity index (χ1) is 12.3. The Bertz CT molecular complexity index is 843. The molecule has 6 nitrogen and oxygen atoms in total. The van der Waals surface area contributed by atoms with Crippen LogP contribution in [-0.2, 0) is 10.0 Å². The minimum absolute atomic E-state index is 0.0974. The van der Waals surface area contributed by atoms with E-state index in [1.54, 1.807) is 26.2 Å². The Morgan fingerprint density at radius 2 is 1.88 bits per heavy atom. The van der Waals surface area contributed by atoms with Crippen LogP contribution in [0.15, 0.2) is 47.4 Å². The topological polar surface area (TPSA) is 90.7 Å². The van der Waals surface area contributed by atoms with Gasteiger partial charge in [-0.25, -0.2) is 13.6 Å². The molecule has 26 heavy (non-hydrogen) atoms. The number of para-hydroxylation sites is 2. The fourth-order valence-corrected chi connectivity index (χ4v) is 3.50. The number of aryl methyl sites for hydroxylation is 1. The van der Waals surface area contributed by atoms with Crippen molar-refractivity contribution in [1.29, 1.82) is 0 Å². The highest BCUT2D eigenvalue weighted by molar-refractivity contribution is 7.89. The van der Waals surface area contributed by atoms with Gasteiger partial charge in [0.15, 0.2) is 11.5 Å². The molecule has 0 saturated heterocycles. The minimum Gasteiger partial charge on any atom is -0.493 e. The SMILES string of the molecule is COc1ccccc1OCCNCC(Cl)c1ccc(C)c(S(N)(=O)=O)c1. The Balaban J connectivity index is 1.85. The minimum atomic E-state index is -3.77. The van der Waals surface area contributed by atoms with E-state index in [1.165, 1.54) is 6.07 Å². The van der Waals surface area contributed by atoms with Crippen molar-refractivity contribution in [1.82, 2.24) is 5.32 Å². The van der Waals surface area contributed by atoms with Gasteiger partial charge >= 0.3 is 0 Å². The van der Waals surface area contributed by atoms with Crippen molar-refractivity contribution in [2.45, 2.75) is 17.2 Å². The lowest BCUT2D eigenvalue weighted by Crippen LogP contribution is -2.25. The van der Waals surface area contributed by atoms with Crippen molar-refractivity contribution in [3.05, 3.63) is 53.6 Å². The maximum absolute atomic E-state index is 11.6. The normalized spacial score (nSPS) is 12.6. The van der Waals surface area contributed by atoms with Gasteiger partial charge in [0.25, 0.3) is 0 Å². The van der Waals surface area contributed by atoms with Crippen LogP contribution in [0.3, 0.4) is 0 Å². The second kappa shape index (κ2) is 9.23. The molecule has 1 atom stereocenters. The van der Waals surface area contributed by atoms with Gasteiger partial charge in [-0.2, -0.15) is 0 Å². The third-order valence-corrected chi connectivity index (χ3v) is 5.27. The number of hydrogen-bond donors (Lipinski definition) is 2. The smallest absolute Gasteiger partial charge is 0.238 e. The van der Waals surface area contributed by atoms with Gasteiger partial charge in [-0.3, -0.25) is 0 Å². The summed E-state index contributed by atoms with van der Waals surface area (Å²) in [5.41, 5.74) is 1.29. The third kappa shape index (κ3) is 5.60. The number of hydrogen-bond acceptors (Lipinski definition) is 5. The number of methoxy groups -OCH3 is 1. The first-order valence-corrected chi connectivity index (χ1v) is 10.0. The van der Waals surface area contributed by atoms with Gasteiger partial charge in [0, 0.05) is 13.1 Å². The first-order valence-electron chi connectivity index (χ1n) is 8.07. The van der Waals surface area contributed by atoms with Crippen molar-refractivity contribution in [3.63, 3.8) is 0 Å². The highest BCUT2D eigenvalue weighted by Crippen LogP contribution is 2.26. The van der Waals surface area contributed by atoms with Crippen molar-refractivity contribution >= 4 is 21.6 Å². The summed E-state index contributed by atoms with van der Waals surface area (Å²) in [5, 5.41) is 8.03. The zero-order valence-electron chi connectivity index (χ0n) is 14.7. The number of halogens is 1. The lowest BCUT2D eigenvalue weighted by Gasteiger charge is -2.14. The summed E-state index contributed by atoms with van der Waals surface area (Å²) in [6.45, 7) is 3.18. The van der Waals surface area contributed by atoms with Crippen LogP contribution >= 0.6 is 11.6 Å². The molecule has 142 valence electrons. The molecule has 0 aliphatic rings. The van der Waals surface area contributed by atoms with Crippen LogP contribution in [0, 0.1) is 6.92 Å². The molecule has 1 unspecified atom stereocenters. The highest BCUT2D eigenvalue weighted by atomic mass is 35.5. The number of nitrogens with one attached hydrogen (secondary N) is 1. The Morgan fingerprint density at radius 3 is 2.54 bits per heavy atom. The maximum Gasteiger partial charge on any atom is 0.238 e. The molecular formula is C18H23ClN2O4S. The number of alkyl halides is 1. The zero-order chi connectivity index (χ0) is 19.2. The van der Waals surface area contributed by atoms with Crippen molar-refractivity contribution in [2.75, 3.05) is 26.8 Å². The third-order valence-electron chi connectivity index (χ3n) is 3.81. The number of nitrogens with two attached hydrogens (primary N) is 1. The molecule has 0 aliphatic heterocycles. The number of ether oxygens (including phenoxy) is 2. The van der Waals surface area contributed by atoms with Crippen molar-refractivity contribution < 1.29 is 17.9 Å².